The smallest absolute Gasteiger partial charge is 0.238 e. The Labute approximate surface area is 154 Å². The van der Waals surface area contributed by atoms with E-state index in [0.29, 0.717) is 18.0 Å². The lowest BCUT2D eigenvalue weighted by Crippen LogP contribution is -2.47. The van der Waals surface area contributed by atoms with E-state index in [2.05, 4.69) is 17.6 Å². The van der Waals surface area contributed by atoms with Gasteiger partial charge in [0.25, 0.3) is 0 Å². The van der Waals surface area contributed by atoms with Crippen LogP contribution >= 0.6 is 11.6 Å². The van der Waals surface area contributed by atoms with Gasteiger partial charge in [0.1, 0.15) is 0 Å². The van der Waals surface area contributed by atoms with Gasteiger partial charge in [-0.1, -0.05) is 18.5 Å². The van der Waals surface area contributed by atoms with E-state index in [1.807, 2.05) is 9.80 Å². The molecular formula is C18H27ClN4O2. The Kier molecular flexibility index (Phi) is 8.18. The molecule has 0 aliphatic carbocycles. The molecule has 1 fully saturated rings. The number of nitrogens with zero attached hydrogens (tertiary/aromatic N) is 2. The summed E-state index contributed by atoms with van der Waals surface area (Å²) < 4.78 is 0. The maximum absolute atomic E-state index is 12.3. The van der Waals surface area contributed by atoms with E-state index < -0.39 is 0 Å². The number of anilines is 1. The zero-order valence-corrected chi connectivity index (χ0v) is 15.5. The quantitative estimate of drug-likeness (QED) is 0.736. The highest BCUT2D eigenvalue weighted by Gasteiger charge is 2.18. The van der Waals surface area contributed by atoms with Gasteiger partial charge >= 0.3 is 0 Å². The van der Waals surface area contributed by atoms with E-state index >= 15 is 0 Å². The fraction of sp³-hybridized carbons (Fsp3) is 0.556. The molecule has 2 N–H and O–H groups in total. The zero-order valence-electron chi connectivity index (χ0n) is 14.8. The number of nitrogens with one attached hydrogen (secondary N) is 2. The molecule has 2 rings (SSSR count). The summed E-state index contributed by atoms with van der Waals surface area (Å²) in [7, 11) is 0. The van der Waals surface area contributed by atoms with Crippen LogP contribution in [0.3, 0.4) is 0 Å². The zero-order chi connectivity index (χ0) is 18.1. The number of rotatable bonds is 8. The molecule has 1 aromatic carbocycles. The standard InChI is InChI=1S/C18H27ClN4O2/c1-2-10-22(11-7-18(25)23-12-8-20-9-13-23)14-17(24)21-16-5-3-15(19)4-6-16/h3-6,20H,2,7-14H2,1H3,(H,21,24). The second-order valence-corrected chi connectivity index (χ2v) is 6.65. The minimum absolute atomic E-state index is 0.0783. The molecule has 6 nitrogen and oxygen atoms in total. The molecule has 0 unspecified atom stereocenters. The van der Waals surface area contributed by atoms with Crippen molar-refractivity contribution < 1.29 is 9.59 Å². The highest BCUT2D eigenvalue weighted by atomic mass is 35.5. The SMILES string of the molecule is CCCN(CCC(=O)N1CCNCC1)CC(=O)Nc1ccc(Cl)cc1. The van der Waals surface area contributed by atoms with Gasteiger partial charge in [0.15, 0.2) is 0 Å². The average molecular weight is 367 g/mol. The molecule has 138 valence electrons. The van der Waals surface area contributed by atoms with Gasteiger partial charge < -0.3 is 15.5 Å². The first kappa shape index (κ1) is 19.7. The predicted octanol–water partition coefficient (Wildman–Crippen LogP) is 1.81. The van der Waals surface area contributed by atoms with Crippen LogP contribution in [-0.2, 0) is 9.59 Å². The first-order valence-corrected chi connectivity index (χ1v) is 9.22. The minimum atomic E-state index is -0.0783. The van der Waals surface area contributed by atoms with E-state index in [1.165, 1.54) is 0 Å². The van der Waals surface area contributed by atoms with Crippen LogP contribution in [0.25, 0.3) is 0 Å². The van der Waals surface area contributed by atoms with Crippen molar-refractivity contribution in [1.29, 1.82) is 0 Å². The van der Waals surface area contributed by atoms with Gasteiger partial charge in [0, 0.05) is 49.9 Å². The molecule has 1 aliphatic heterocycles. The predicted molar refractivity (Wildman–Crippen MR) is 101 cm³/mol. The number of amides is 2. The third kappa shape index (κ3) is 7.02. The number of piperazine rings is 1. The first-order chi connectivity index (χ1) is 12.1. The van der Waals surface area contributed by atoms with E-state index in [-0.39, 0.29) is 18.4 Å². The van der Waals surface area contributed by atoms with Crippen molar-refractivity contribution in [2.45, 2.75) is 19.8 Å². The van der Waals surface area contributed by atoms with Gasteiger partial charge in [0.05, 0.1) is 6.54 Å². The highest BCUT2D eigenvalue weighted by Crippen LogP contribution is 2.13. The molecule has 0 atom stereocenters. The molecule has 0 radical (unpaired) electrons. The fourth-order valence-electron chi connectivity index (χ4n) is 2.85. The van der Waals surface area contributed by atoms with Gasteiger partial charge in [0.2, 0.25) is 11.8 Å². The minimum Gasteiger partial charge on any atom is -0.340 e. The maximum Gasteiger partial charge on any atom is 0.238 e. The second kappa shape index (κ2) is 10.4. The molecule has 2 amide bonds. The van der Waals surface area contributed by atoms with Crippen molar-refractivity contribution in [3.05, 3.63) is 29.3 Å². The van der Waals surface area contributed by atoms with Crippen LogP contribution in [0.4, 0.5) is 5.69 Å². The molecular weight excluding hydrogens is 340 g/mol. The van der Waals surface area contributed by atoms with Crippen molar-refractivity contribution in [3.63, 3.8) is 0 Å². The summed E-state index contributed by atoms with van der Waals surface area (Å²) in [5.41, 5.74) is 0.725. The average Bonchev–Trinajstić information content (AvgIpc) is 2.62. The van der Waals surface area contributed by atoms with Crippen molar-refractivity contribution in [3.8, 4) is 0 Å². The Hall–Kier alpha value is -1.63. The molecule has 0 aromatic heterocycles. The Morgan fingerprint density at radius 2 is 1.88 bits per heavy atom. The maximum atomic E-state index is 12.3. The van der Waals surface area contributed by atoms with Gasteiger partial charge in [-0.15, -0.1) is 0 Å². The lowest BCUT2D eigenvalue weighted by atomic mass is 10.2. The fourth-order valence-corrected chi connectivity index (χ4v) is 2.98. The third-order valence-electron chi connectivity index (χ3n) is 4.15. The van der Waals surface area contributed by atoms with Crippen molar-refractivity contribution in [2.75, 3.05) is 51.1 Å². The molecule has 1 heterocycles. The van der Waals surface area contributed by atoms with Crippen LogP contribution in [0.2, 0.25) is 5.02 Å². The molecule has 7 heteroatoms. The van der Waals surface area contributed by atoms with Gasteiger partial charge in [-0.3, -0.25) is 14.5 Å². The van der Waals surface area contributed by atoms with E-state index in [4.69, 9.17) is 11.6 Å². The number of hydrogen-bond donors (Lipinski definition) is 2. The Balaban J connectivity index is 1.79. The normalized spacial score (nSPS) is 14.6. The summed E-state index contributed by atoms with van der Waals surface area (Å²) in [5, 5.41) is 6.74. The molecule has 25 heavy (non-hydrogen) atoms. The van der Waals surface area contributed by atoms with Crippen LogP contribution in [0.15, 0.2) is 24.3 Å². The molecule has 0 bridgehead atoms. The Bertz CT molecular complexity index is 559. The summed E-state index contributed by atoms with van der Waals surface area (Å²) >= 11 is 5.85. The van der Waals surface area contributed by atoms with E-state index in [0.717, 1.165) is 44.8 Å². The van der Waals surface area contributed by atoms with Crippen molar-refractivity contribution in [2.24, 2.45) is 0 Å². The molecule has 0 spiro atoms. The number of carbonyl (C=O) groups excluding carboxylic acids is 2. The monoisotopic (exact) mass is 366 g/mol. The van der Waals surface area contributed by atoms with Gasteiger partial charge in [-0.25, -0.2) is 0 Å². The highest BCUT2D eigenvalue weighted by molar-refractivity contribution is 6.30. The lowest BCUT2D eigenvalue weighted by molar-refractivity contribution is -0.132. The summed E-state index contributed by atoms with van der Waals surface area (Å²) in [6.45, 7) is 7.00. The largest absolute Gasteiger partial charge is 0.340 e. The summed E-state index contributed by atoms with van der Waals surface area (Å²) in [6, 6.07) is 7.04. The van der Waals surface area contributed by atoms with Gasteiger partial charge in [-0.2, -0.15) is 0 Å². The van der Waals surface area contributed by atoms with Gasteiger partial charge in [-0.05, 0) is 37.2 Å². The molecule has 1 aromatic rings. The number of benzene rings is 1. The van der Waals surface area contributed by atoms with Crippen LogP contribution in [0, 0.1) is 0 Å². The molecule has 1 aliphatic rings. The summed E-state index contributed by atoms with van der Waals surface area (Å²) in [6.07, 6.45) is 1.39. The number of halogens is 1. The second-order valence-electron chi connectivity index (χ2n) is 6.21. The van der Waals surface area contributed by atoms with Crippen LogP contribution in [-0.4, -0.2) is 67.4 Å². The third-order valence-corrected chi connectivity index (χ3v) is 4.40. The lowest BCUT2D eigenvalue weighted by Gasteiger charge is -2.28. The number of hydrogen-bond acceptors (Lipinski definition) is 4. The van der Waals surface area contributed by atoms with Crippen molar-refractivity contribution >= 4 is 29.1 Å². The van der Waals surface area contributed by atoms with Crippen LogP contribution in [0.1, 0.15) is 19.8 Å². The first-order valence-electron chi connectivity index (χ1n) is 8.84. The summed E-state index contributed by atoms with van der Waals surface area (Å²) in [5.74, 6) is 0.0890. The Morgan fingerprint density at radius 1 is 1.20 bits per heavy atom. The number of carbonyl (C=O) groups is 2. The molecule has 0 saturated carbocycles. The van der Waals surface area contributed by atoms with Crippen molar-refractivity contribution in [1.82, 2.24) is 15.1 Å². The summed E-state index contributed by atoms with van der Waals surface area (Å²) in [4.78, 5) is 28.4. The van der Waals surface area contributed by atoms with Crippen LogP contribution < -0.4 is 10.6 Å². The van der Waals surface area contributed by atoms with E-state index in [1.54, 1.807) is 24.3 Å². The topological polar surface area (TPSA) is 64.7 Å². The Morgan fingerprint density at radius 3 is 2.52 bits per heavy atom. The van der Waals surface area contributed by atoms with E-state index in [9.17, 15) is 9.59 Å². The van der Waals surface area contributed by atoms with Crippen LogP contribution in [0.5, 0.6) is 0 Å². The molecule has 1 saturated heterocycles.